The van der Waals surface area contributed by atoms with Gasteiger partial charge in [-0.15, -0.1) is 0 Å². The van der Waals surface area contributed by atoms with E-state index in [0.717, 1.165) is 17.5 Å². The number of nitrogens with one attached hydrogen (secondary N) is 1. The van der Waals surface area contributed by atoms with E-state index in [1.54, 1.807) is 31.5 Å². The normalized spacial score (nSPS) is 12.1. The average molecular weight is 426 g/mol. The molecule has 0 aliphatic rings. The van der Waals surface area contributed by atoms with E-state index in [0.29, 0.717) is 23.1 Å². The number of aromatic nitrogens is 1. The molecule has 0 fully saturated rings. The molecular weight excluding hydrogens is 394 g/mol. The van der Waals surface area contributed by atoms with Gasteiger partial charge < -0.3 is 19.5 Å². The summed E-state index contributed by atoms with van der Waals surface area (Å²) in [5.74, 6) is 1.32. The highest BCUT2D eigenvalue weighted by Crippen LogP contribution is 2.28. The Labute approximate surface area is 184 Å². The van der Waals surface area contributed by atoms with Crippen molar-refractivity contribution in [3.8, 4) is 28.8 Å². The van der Waals surface area contributed by atoms with E-state index < -0.39 is 11.7 Å². The molecule has 1 atom stereocenters. The van der Waals surface area contributed by atoms with Gasteiger partial charge in [0.05, 0.1) is 18.7 Å². The van der Waals surface area contributed by atoms with E-state index in [-0.39, 0.29) is 12.6 Å². The number of benzene rings is 1. The fraction of sp³-hybridized carbons (Fsp3) is 0.458. The number of amides is 1. The van der Waals surface area contributed by atoms with Gasteiger partial charge in [0.25, 0.3) is 0 Å². The Morgan fingerprint density at radius 2 is 1.90 bits per heavy atom. The van der Waals surface area contributed by atoms with Crippen molar-refractivity contribution in [1.82, 2.24) is 10.3 Å². The third-order valence-corrected chi connectivity index (χ3v) is 4.29. The highest BCUT2D eigenvalue weighted by atomic mass is 16.6. The first-order valence-electron chi connectivity index (χ1n) is 10.3. The van der Waals surface area contributed by atoms with Crippen LogP contribution in [-0.4, -0.2) is 36.4 Å². The Morgan fingerprint density at radius 3 is 2.52 bits per heavy atom. The number of nitrogens with zero attached hydrogens (tertiary/aromatic N) is 2. The number of pyridine rings is 1. The smallest absolute Gasteiger partial charge is 0.407 e. The highest BCUT2D eigenvalue weighted by Gasteiger charge is 2.21. The van der Waals surface area contributed by atoms with E-state index in [2.05, 4.69) is 30.2 Å². The predicted octanol–water partition coefficient (Wildman–Crippen LogP) is 4.95. The topological polar surface area (TPSA) is 93.5 Å². The molecule has 0 spiro atoms. The summed E-state index contributed by atoms with van der Waals surface area (Å²) in [4.78, 5) is 16.3. The lowest BCUT2D eigenvalue weighted by molar-refractivity contribution is 0.0480. The van der Waals surface area contributed by atoms with Crippen LogP contribution in [0.15, 0.2) is 36.5 Å². The van der Waals surface area contributed by atoms with Crippen LogP contribution in [0.1, 0.15) is 46.6 Å². The maximum Gasteiger partial charge on any atom is 0.407 e. The second-order valence-electron chi connectivity index (χ2n) is 8.69. The summed E-state index contributed by atoms with van der Waals surface area (Å²) < 4.78 is 16.5. The van der Waals surface area contributed by atoms with Crippen LogP contribution in [0.5, 0.6) is 11.6 Å². The number of carbonyl (C=O) groups excluding carboxylic acids is 1. The lowest BCUT2D eigenvalue weighted by Gasteiger charge is -2.25. The van der Waals surface area contributed by atoms with Crippen molar-refractivity contribution < 1.29 is 19.0 Å². The van der Waals surface area contributed by atoms with Crippen molar-refractivity contribution in [3.63, 3.8) is 0 Å². The summed E-state index contributed by atoms with van der Waals surface area (Å²) in [5.41, 5.74) is 1.58. The summed E-state index contributed by atoms with van der Waals surface area (Å²) in [6.07, 6.45) is 1.89. The molecule has 166 valence electrons. The first kappa shape index (κ1) is 24.0. The molecule has 2 rings (SSSR count). The van der Waals surface area contributed by atoms with Crippen LogP contribution in [0.4, 0.5) is 4.79 Å². The van der Waals surface area contributed by atoms with Crippen LogP contribution >= 0.6 is 0 Å². The van der Waals surface area contributed by atoms with E-state index in [1.807, 2.05) is 32.9 Å². The van der Waals surface area contributed by atoms with E-state index in [9.17, 15) is 10.1 Å². The molecule has 7 heteroatoms. The number of nitriles is 1. The van der Waals surface area contributed by atoms with Crippen LogP contribution in [0.25, 0.3) is 11.1 Å². The average Bonchev–Trinajstić information content (AvgIpc) is 2.70. The molecule has 0 saturated carbocycles. The summed E-state index contributed by atoms with van der Waals surface area (Å²) >= 11 is 0. The summed E-state index contributed by atoms with van der Waals surface area (Å²) in [5, 5.41) is 12.5. The van der Waals surface area contributed by atoms with Gasteiger partial charge >= 0.3 is 6.09 Å². The largest absolute Gasteiger partial charge is 0.490 e. The van der Waals surface area contributed by atoms with Gasteiger partial charge in [-0.2, -0.15) is 5.26 Å². The first-order valence-corrected chi connectivity index (χ1v) is 10.3. The standard InChI is InChI=1S/C24H31N3O4/c1-16(2)11-20(27-23(28)31-24(3,4)5)15-30-21-8-7-17(12-19(21)14-25)18-9-10-26-22(13-18)29-6/h7-10,12-13,16,20H,11,15H2,1-6H3,(H,27,28). The van der Waals surface area contributed by atoms with Crippen LogP contribution in [0.2, 0.25) is 0 Å². The molecule has 0 aliphatic carbocycles. The van der Waals surface area contributed by atoms with Gasteiger partial charge in [-0.1, -0.05) is 19.9 Å². The maximum absolute atomic E-state index is 12.2. The number of rotatable bonds is 8. The number of hydrogen-bond donors (Lipinski definition) is 1. The minimum Gasteiger partial charge on any atom is -0.490 e. The Morgan fingerprint density at radius 1 is 1.19 bits per heavy atom. The van der Waals surface area contributed by atoms with Gasteiger partial charge in [-0.3, -0.25) is 0 Å². The molecule has 1 amide bonds. The van der Waals surface area contributed by atoms with Gasteiger partial charge in [0.1, 0.15) is 24.0 Å². The quantitative estimate of drug-likeness (QED) is 0.643. The van der Waals surface area contributed by atoms with Crippen LogP contribution in [-0.2, 0) is 4.74 Å². The van der Waals surface area contributed by atoms with Crippen molar-refractivity contribution in [1.29, 1.82) is 5.26 Å². The molecule has 0 aliphatic heterocycles. The fourth-order valence-corrected chi connectivity index (χ4v) is 3.03. The van der Waals surface area contributed by atoms with Crippen molar-refractivity contribution in [3.05, 3.63) is 42.1 Å². The minimum atomic E-state index is -0.577. The molecule has 0 bridgehead atoms. The molecule has 1 aromatic heterocycles. The summed E-state index contributed by atoms with van der Waals surface area (Å²) in [7, 11) is 1.56. The highest BCUT2D eigenvalue weighted by molar-refractivity contribution is 5.68. The molecule has 0 saturated heterocycles. The molecule has 1 heterocycles. The minimum absolute atomic E-state index is 0.231. The second kappa shape index (κ2) is 10.7. The zero-order chi connectivity index (χ0) is 23.0. The molecule has 1 unspecified atom stereocenters. The molecule has 1 N–H and O–H groups in total. The van der Waals surface area contributed by atoms with Gasteiger partial charge in [-0.05, 0) is 62.4 Å². The Balaban J connectivity index is 2.13. The van der Waals surface area contributed by atoms with E-state index in [1.165, 1.54) is 0 Å². The van der Waals surface area contributed by atoms with Crippen molar-refractivity contribution in [2.45, 2.75) is 52.7 Å². The maximum atomic E-state index is 12.2. The Bertz CT molecular complexity index is 929. The number of hydrogen-bond acceptors (Lipinski definition) is 6. The SMILES string of the molecule is COc1cc(-c2ccc(OCC(CC(C)C)NC(=O)OC(C)(C)C)c(C#N)c2)ccn1. The third-order valence-electron chi connectivity index (χ3n) is 4.29. The molecule has 2 aromatic rings. The summed E-state index contributed by atoms with van der Waals surface area (Å²) in [6, 6.07) is 11.0. The Hall–Kier alpha value is -3.27. The monoisotopic (exact) mass is 425 g/mol. The van der Waals surface area contributed by atoms with E-state index >= 15 is 0 Å². The van der Waals surface area contributed by atoms with Gasteiger partial charge in [0.15, 0.2) is 0 Å². The van der Waals surface area contributed by atoms with Crippen LogP contribution in [0.3, 0.4) is 0 Å². The van der Waals surface area contributed by atoms with Gasteiger partial charge in [-0.25, -0.2) is 9.78 Å². The second-order valence-corrected chi connectivity index (χ2v) is 8.69. The van der Waals surface area contributed by atoms with Crippen molar-refractivity contribution in [2.75, 3.05) is 13.7 Å². The van der Waals surface area contributed by atoms with E-state index in [4.69, 9.17) is 14.2 Å². The lowest BCUT2D eigenvalue weighted by atomic mass is 10.0. The number of methoxy groups -OCH3 is 1. The zero-order valence-corrected chi connectivity index (χ0v) is 19.1. The molecule has 0 radical (unpaired) electrons. The van der Waals surface area contributed by atoms with Crippen molar-refractivity contribution >= 4 is 6.09 Å². The van der Waals surface area contributed by atoms with Crippen LogP contribution in [0, 0.1) is 17.2 Å². The molecule has 31 heavy (non-hydrogen) atoms. The number of carbonyl (C=O) groups is 1. The van der Waals surface area contributed by atoms with Gasteiger partial charge in [0.2, 0.25) is 5.88 Å². The fourth-order valence-electron chi connectivity index (χ4n) is 3.03. The zero-order valence-electron chi connectivity index (χ0n) is 19.1. The third kappa shape index (κ3) is 7.82. The predicted molar refractivity (Wildman–Crippen MR) is 119 cm³/mol. The van der Waals surface area contributed by atoms with Crippen LogP contribution < -0.4 is 14.8 Å². The lowest BCUT2D eigenvalue weighted by Crippen LogP contribution is -2.42. The van der Waals surface area contributed by atoms with Crippen molar-refractivity contribution in [2.24, 2.45) is 5.92 Å². The molecular formula is C24H31N3O4. The number of ether oxygens (including phenoxy) is 3. The molecule has 1 aromatic carbocycles. The first-order chi connectivity index (χ1) is 14.6. The Kier molecular flexibility index (Phi) is 8.26. The number of alkyl carbamates (subject to hydrolysis) is 1. The van der Waals surface area contributed by atoms with Gasteiger partial charge in [0, 0.05) is 12.3 Å². The summed E-state index contributed by atoms with van der Waals surface area (Å²) in [6.45, 7) is 9.83. The molecule has 7 nitrogen and oxygen atoms in total.